The topological polar surface area (TPSA) is 56.7 Å². The summed E-state index contributed by atoms with van der Waals surface area (Å²) in [5.41, 5.74) is 4.39. The van der Waals surface area contributed by atoms with Gasteiger partial charge in [0.1, 0.15) is 0 Å². The number of guanidine groups is 1. The minimum atomic E-state index is -0.0201. The summed E-state index contributed by atoms with van der Waals surface area (Å²) in [6.07, 6.45) is 1.96. The summed E-state index contributed by atoms with van der Waals surface area (Å²) in [4.78, 5) is 18.8. The van der Waals surface area contributed by atoms with Crippen molar-refractivity contribution in [2.24, 2.45) is 4.99 Å². The van der Waals surface area contributed by atoms with Gasteiger partial charge in [-0.3, -0.25) is 9.79 Å². The average Bonchev–Trinajstić information content (AvgIpc) is 3.13. The quantitative estimate of drug-likeness (QED) is 0.378. The summed E-state index contributed by atoms with van der Waals surface area (Å²) in [5, 5.41) is 6.42. The van der Waals surface area contributed by atoms with Crippen molar-refractivity contribution in [3.05, 3.63) is 65.2 Å². The summed E-state index contributed by atoms with van der Waals surface area (Å²) < 4.78 is 0. The average molecular weight is 492 g/mol. The number of hydrogen-bond acceptors (Lipinski definition) is 2. The number of amides is 1. The summed E-state index contributed by atoms with van der Waals surface area (Å²) in [5.74, 6) is 0.854. The molecule has 1 aliphatic heterocycles. The molecule has 0 saturated heterocycles. The van der Waals surface area contributed by atoms with E-state index in [4.69, 9.17) is 0 Å². The highest BCUT2D eigenvalue weighted by Crippen LogP contribution is 2.27. The fraction of sp³-hybridized carbons (Fsp3) is 0.364. The largest absolute Gasteiger partial charge is 0.352 e. The maximum atomic E-state index is 12.2. The molecule has 1 heterocycles. The van der Waals surface area contributed by atoms with Crippen LogP contribution in [0.3, 0.4) is 0 Å². The molecule has 1 aliphatic rings. The van der Waals surface area contributed by atoms with Gasteiger partial charge in [0.25, 0.3) is 5.91 Å². The molecule has 6 heteroatoms. The van der Waals surface area contributed by atoms with E-state index >= 15 is 0 Å². The van der Waals surface area contributed by atoms with Crippen molar-refractivity contribution in [1.82, 2.24) is 10.6 Å². The third-order valence-electron chi connectivity index (χ3n) is 5.01. The Kier molecular flexibility index (Phi) is 8.29. The predicted molar refractivity (Wildman–Crippen MR) is 127 cm³/mol. The zero-order valence-electron chi connectivity index (χ0n) is 16.7. The third kappa shape index (κ3) is 5.25. The molecule has 1 atom stereocenters. The van der Waals surface area contributed by atoms with Crippen LogP contribution >= 0.6 is 24.0 Å². The van der Waals surface area contributed by atoms with E-state index in [-0.39, 0.29) is 35.9 Å². The molecule has 0 bridgehead atoms. The maximum Gasteiger partial charge on any atom is 0.251 e. The number of aliphatic imine (C=N–C) groups is 1. The van der Waals surface area contributed by atoms with E-state index in [1.54, 1.807) is 0 Å². The van der Waals surface area contributed by atoms with Crippen molar-refractivity contribution in [2.45, 2.75) is 39.3 Å². The van der Waals surface area contributed by atoms with E-state index in [0.29, 0.717) is 12.1 Å². The van der Waals surface area contributed by atoms with E-state index in [2.05, 4.69) is 51.7 Å². The van der Waals surface area contributed by atoms with Gasteiger partial charge in [0.05, 0.1) is 0 Å². The molecule has 0 fully saturated rings. The van der Waals surface area contributed by atoms with Crippen molar-refractivity contribution < 1.29 is 4.79 Å². The zero-order chi connectivity index (χ0) is 19.2. The second-order valence-electron chi connectivity index (χ2n) is 6.91. The van der Waals surface area contributed by atoms with E-state index in [0.717, 1.165) is 30.9 Å². The molecule has 150 valence electrons. The molecule has 0 aliphatic carbocycles. The zero-order valence-corrected chi connectivity index (χ0v) is 19.1. The summed E-state index contributed by atoms with van der Waals surface area (Å²) in [7, 11) is 1.81. The first kappa shape index (κ1) is 22.2. The van der Waals surface area contributed by atoms with Crippen molar-refractivity contribution in [3.8, 4) is 0 Å². The van der Waals surface area contributed by atoms with E-state index in [9.17, 15) is 4.79 Å². The predicted octanol–water partition coefficient (Wildman–Crippen LogP) is 3.97. The van der Waals surface area contributed by atoms with Crippen molar-refractivity contribution in [3.63, 3.8) is 0 Å². The first-order valence-corrected chi connectivity index (χ1v) is 9.58. The number of nitrogens with zero attached hydrogens (tertiary/aromatic N) is 2. The molecule has 0 saturated carbocycles. The molecule has 1 unspecified atom stereocenters. The van der Waals surface area contributed by atoms with Crippen LogP contribution in [0.5, 0.6) is 0 Å². The number of hydrogen-bond donors (Lipinski definition) is 2. The lowest BCUT2D eigenvalue weighted by Crippen LogP contribution is -2.40. The maximum absolute atomic E-state index is 12.2. The first-order chi connectivity index (χ1) is 13.1. The normalized spacial score (nSPS) is 14.1. The third-order valence-corrected chi connectivity index (χ3v) is 5.01. The Hall–Kier alpha value is -2.09. The molecular weight excluding hydrogens is 463 g/mol. The number of carbonyl (C=O) groups is 1. The van der Waals surface area contributed by atoms with Gasteiger partial charge in [-0.05, 0) is 49.1 Å². The number of nitrogens with one attached hydrogen (secondary N) is 2. The van der Waals surface area contributed by atoms with E-state index in [1.165, 1.54) is 11.3 Å². The number of benzene rings is 2. The monoisotopic (exact) mass is 492 g/mol. The molecule has 0 spiro atoms. The highest BCUT2D eigenvalue weighted by Gasteiger charge is 2.22. The van der Waals surface area contributed by atoms with Crippen LogP contribution < -0.4 is 15.5 Å². The Labute approximate surface area is 184 Å². The van der Waals surface area contributed by atoms with Gasteiger partial charge >= 0.3 is 0 Å². The number of fused-ring (bicyclic) bond motifs is 1. The minimum Gasteiger partial charge on any atom is -0.352 e. The van der Waals surface area contributed by atoms with Crippen LogP contribution in [0.4, 0.5) is 5.69 Å². The van der Waals surface area contributed by atoms with Crippen LogP contribution in [0, 0.1) is 0 Å². The Balaban J connectivity index is 0.00000280. The Morgan fingerprint density at radius 3 is 2.57 bits per heavy atom. The Bertz CT molecular complexity index is 820. The van der Waals surface area contributed by atoms with Crippen LogP contribution in [-0.4, -0.2) is 31.5 Å². The van der Waals surface area contributed by atoms with Gasteiger partial charge in [0.2, 0.25) is 0 Å². The second-order valence-corrected chi connectivity index (χ2v) is 6.91. The van der Waals surface area contributed by atoms with Crippen LogP contribution in [0.2, 0.25) is 0 Å². The minimum absolute atomic E-state index is 0. The van der Waals surface area contributed by atoms with Crippen molar-refractivity contribution in [1.29, 1.82) is 0 Å². The van der Waals surface area contributed by atoms with Crippen LogP contribution in [0.1, 0.15) is 41.8 Å². The fourth-order valence-electron chi connectivity index (χ4n) is 3.22. The lowest BCUT2D eigenvalue weighted by atomic mass is 10.1. The molecule has 3 rings (SSSR count). The molecule has 0 aromatic heterocycles. The van der Waals surface area contributed by atoms with Gasteiger partial charge in [0.15, 0.2) is 5.96 Å². The summed E-state index contributed by atoms with van der Waals surface area (Å²) >= 11 is 0. The number of halogens is 1. The number of rotatable bonds is 5. The molecule has 28 heavy (non-hydrogen) atoms. The smallest absolute Gasteiger partial charge is 0.251 e. The molecule has 2 aromatic rings. The molecule has 1 amide bonds. The molecule has 2 N–H and O–H groups in total. The molecule has 2 aromatic carbocycles. The van der Waals surface area contributed by atoms with Crippen LogP contribution in [0.25, 0.3) is 0 Å². The Morgan fingerprint density at radius 1 is 1.18 bits per heavy atom. The van der Waals surface area contributed by atoms with E-state index < -0.39 is 0 Å². The highest BCUT2D eigenvalue weighted by molar-refractivity contribution is 14.0. The first-order valence-electron chi connectivity index (χ1n) is 9.58. The number of anilines is 1. The summed E-state index contributed by atoms with van der Waals surface area (Å²) in [6.45, 7) is 5.68. The second kappa shape index (κ2) is 10.5. The van der Waals surface area contributed by atoms with Gasteiger partial charge in [-0.1, -0.05) is 37.3 Å². The number of para-hydroxylation sites is 1. The van der Waals surface area contributed by atoms with Crippen LogP contribution in [0.15, 0.2) is 53.5 Å². The molecule has 0 radical (unpaired) electrons. The van der Waals surface area contributed by atoms with Gasteiger partial charge in [0, 0.05) is 37.4 Å². The lowest BCUT2D eigenvalue weighted by Gasteiger charge is -2.22. The fourth-order valence-corrected chi connectivity index (χ4v) is 3.22. The SMILES string of the molecule is CCC(C)NC(=O)c1ccc(CNC(=NC)N2CCc3ccccc32)cc1.I. The van der Waals surface area contributed by atoms with Gasteiger partial charge in [-0.25, -0.2) is 0 Å². The van der Waals surface area contributed by atoms with Crippen molar-refractivity contribution >= 4 is 41.5 Å². The lowest BCUT2D eigenvalue weighted by molar-refractivity contribution is 0.0939. The number of carbonyl (C=O) groups excluding carboxylic acids is 1. The summed E-state index contributed by atoms with van der Waals surface area (Å²) in [6, 6.07) is 16.4. The Morgan fingerprint density at radius 2 is 1.89 bits per heavy atom. The van der Waals surface area contributed by atoms with Gasteiger partial charge in [-0.15, -0.1) is 24.0 Å². The standard InChI is InChI=1S/C22H28N4O.HI/c1-4-16(2)25-21(27)19-11-9-17(10-12-19)15-24-22(23-3)26-14-13-18-7-5-6-8-20(18)26;/h5-12,16H,4,13-15H2,1-3H3,(H,23,24)(H,25,27);1H. The highest BCUT2D eigenvalue weighted by atomic mass is 127. The van der Waals surface area contributed by atoms with Gasteiger partial charge < -0.3 is 15.5 Å². The van der Waals surface area contributed by atoms with E-state index in [1.807, 2.05) is 38.2 Å². The van der Waals surface area contributed by atoms with Crippen molar-refractivity contribution in [2.75, 3.05) is 18.5 Å². The van der Waals surface area contributed by atoms with Gasteiger partial charge in [-0.2, -0.15) is 0 Å². The molecule has 5 nitrogen and oxygen atoms in total. The molecular formula is C22H29IN4O. The van der Waals surface area contributed by atoms with Crippen LogP contribution in [-0.2, 0) is 13.0 Å².